The maximum absolute atomic E-state index is 9.59. The molecule has 0 amide bonds. The molecule has 0 aromatic heterocycles. The molecule has 0 aliphatic carbocycles. The van der Waals surface area contributed by atoms with E-state index in [4.69, 9.17) is 9.84 Å². The Bertz CT molecular complexity index is 326. The molecule has 0 aliphatic heterocycles. The molecule has 1 rings (SSSR count). The summed E-state index contributed by atoms with van der Waals surface area (Å²) >= 11 is 3.36. The lowest BCUT2D eigenvalue weighted by Crippen LogP contribution is -2.03. The number of unbranched alkanes of at least 4 members (excludes halogenated alkanes) is 1. The highest BCUT2D eigenvalue weighted by atomic mass is 79.9. The summed E-state index contributed by atoms with van der Waals surface area (Å²) in [4.78, 5) is 0. The van der Waals surface area contributed by atoms with Crippen LogP contribution in [0.4, 0.5) is 0 Å². The van der Waals surface area contributed by atoms with Crippen LogP contribution in [0.3, 0.4) is 0 Å². The van der Waals surface area contributed by atoms with Crippen molar-refractivity contribution >= 4 is 15.9 Å². The number of hydrogen-bond donors (Lipinski definition) is 2. The highest BCUT2D eigenvalue weighted by Crippen LogP contribution is 2.28. The van der Waals surface area contributed by atoms with Gasteiger partial charge >= 0.3 is 0 Å². The van der Waals surface area contributed by atoms with E-state index in [0.717, 1.165) is 22.9 Å². The molecule has 0 bridgehead atoms. The predicted octanol–water partition coefficient (Wildman–Crippen LogP) is 2.65. The van der Waals surface area contributed by atoms with Crippen LogP contribution in [-0.4, -0.2) is 23.4 Å². The molecule has 0 unspecified atom stereocenters. The van der Waals surface area contributed by atoms with Gasteiger partial charge in [0, 0.05) is 16.6 Å². The first kappa shape index (κ1) is 13.5. The van der Waals surface area contributed by atoms with Crippen LogP contribution in [0.5, 0.6) is 5.75 Å². The summed E-state index contributed by atoms with van der Waals surface area (Å²) in [6.07, 6.45) is 0.997. The van der Waals surface area contributed by atoms with Crippen LogP contribution in [0.1, 0.15) is 31.4 Å². The standard InChI is InChI=1S/C12H17BrO3/c1-9(15)11-8-10(13)4-5-12(11)16-7-3-2-6-14/h4-5,8-9,14-15H,2-3,6-7H2,1H3/t9-/m1/s1. The van der Waals surface area contributed by atoms with E-state index in [1.165, 1.54) is 0 Å². The first-order chi connectivity index (χ1) is 7.65. The van der Waals surface area contributed by atoms with E-state index in [1.807, 2.05) is 18.2 Å². The topological polar surface area (TPSA) is 49.7 Å². The number of benzene rings is 1. The van der Waals surface area contributed by atoms with E-state index in [9.17, 15) is 5.11 Å². The van der Waals surface area contributed by atoms with Crippen molar-refractivity contribution in [3.63, 3.8) is 0 Å². The normalized spacial score (nSPS) is 12.5. The highest BCUT2D eigenvalue weighted by molar-refractivity contribution is 9.10. The van der Waals surface area contributed by atoms with E-state index in [2.05, 4.69) is 15.9 Å². The summed E-state index contributed by atoms with van der Waals surface area (Å²) in [5.41, 5.74) is 0.776. The van der Waals surface area contributed by atoms with Gasteiger partial charge < -0.3 is 14.9 Å². The van der Waals surface area contributed by atoms with Crippen LogP contribution in [0.2, 0.25) is 0 Å². The van der Waals surface area contributed by atoms with Crippen molar-refractivity contribution in [2.75, 3.05) is 13.2 Å². The minimum atomic E-state index is -0.551. The number of hydrogen-bond acceptors (Lipinski definition) is 3. The molecular weight excluding hydrogens is 272 g/mol. The third kappa shape index (κ3) is 4.12. The molecule has 0 saturated carbocycles. The van der Waals surface area contributed by atoms with Gasteiger partial charge in [-0.25, -0.2) is 0 Å². The Morgan fingerprint density at radius 2 is 2.12 bits per heavy atom. The van der Waals surface area contributed by atoms with Crippen LogP contribution in [0.15, 0.2) is 22.7 Å². The molecule has 4 heteroatoms. The molecule has 0 fully saturated rings. The van der Waals surface area contributed by atoms with Crippen molar-refractivity contribution in [2.45, 2.75) is 25.9 Å². The van der Waals surface area contributed by atoms with E-state index in [-0.39, 0.29) is 6.61 Å². The van der Waals surface area contributed by atoms with Crippen LogP contribution in [0.25, 0.3) is 0 Å². The number of halogens is 1. The van der Waals surface area contributed by atoms with Crippen LogP contribution < -0.4 is 4.74 Å². The second-order valence-corrected chi connectivity index (χ2v) is 4.55. The molecule has 2 N–H and O–H groups in total. The molecule has 90 valence electrons. The summed E-state index contributed by atoms with van der Waals surface area (Å²) in [6.45, 7) is 2.46. The van der Waals surface area contributed by atoms with Crippen molar-refractivity contribution in [3.8, 4) is 5.75 Å². The summed E-state index contributed by atoms with van der Waals surface area (Å²) in [7, 11) is 0. The molecule has 1 aromatic carbocycles. The van der Waals surface area contributed by atoms with Crippen molar-refractivity contribution in [2.24, 2.45) is 0 Å². The van der Waals surface area contributed by atoms with Crippen molar-refractivity contribution < 1.29 is 14.9 Å². The Hall–Kier alpha value is -0.580. The minimum Gasteiger partial charge on any atom is -0.493 e. The molecule has 1 aromatic rings. The fourth-order valence-electron chi connectivity index (χ4n) is 1.37. The minimum absolute atomic E-state index is 0.187. The van der Waals surface area contributed by atoms with Crippen LogP contribution >= 0.6 is 15.9 Å². The van der Waals surface area contributed by atoms with Crippen LogP contribution in [-0.2, 0) is 0 Å². The smallest absolute Gasteiger partial charge is 0.125 e. The summed E-state index contributed by atoms with van der Waals surface area (Å²) in [6, 6.07) is 5.57. The third-order valence-electron chi connectivity index (χ3n) is 2.23. The van der Waals surface area contributed by atoms with Gasteiger partial charge in [-0.2, -0.15) is 0 Å². The Labute approximate surface area is 104 Å². The second kappa shape index (κ2) is 6.89. The zero-order valence-corrected chi connectivity index (χ0v) is 10.9. The highest BCUT2D eigenvalue weighted by Gasteiger charge is 2.09. The molecule has 16 heavy (non-hydrogen) atoms. The van der Waals surface area contributed by atoms with Gasteiger partial charge in [-0.15, -0.1) is 0 Å². The quantitative estimate of drug-likeness (QED) is 0.792. The zero-order valence-electron chi connectivity index (χ0n) is 9.32. The Morgan fingerprint density at radius 1 is 1.38 bits per heavy atom. The summed E-state index contributed by atoms with van der Waals surface area (Å²) in [5.74, 6) is 0.705. The molecule has 3 nitrogen and oxygen atoms in total. The average Bonchev–Trinajstić information content (AvgIpc) is 2.26. The third-order valence-corrected chi connectivity index (χ3v) is 2.73. The van der Waals surface area contributed by atoms with E-state index >= 15 is 0 Å². The van der Waals surface area contributed by atoms with Crippen molar-refractivity contribution in [3.05, 3.63) is 28.2 Å². The van der Waals surface area contributed by atoms with E-state index < -0.39 is 6.10 Å². The Morgan fingerprint density at radius 3 is 2.75 bits per heavy atom. The average molecular weight is 289 g/mol. The predicted molar refractivity (Wildman–Crippen MR) is 66.6 cm³/mol. The lowest BCUT2D eigenvalue weighted by molar-refractivity contribution is 0.189. The fourth-order valence-corrected chi connectivity index (χ4v) is 1.75. The lowest BCUT2D eigenvalue weighted by Gasteiger charge is -2.13. The maximum atomic E-state index is 9.59. The number of rotatable bonds is 6. The zero-order chi connectivity index (χ0) is 12.0. The van der Waals surface area contributed by atoms with Gasteiger partial charge in [0.1, 0.15) is 5.75 Å². The molecular formula is C12H17BrO3. The molecule has 0 radical (unpaired) electrons. The lowest BCUT2D eigenvalue weighted by atomic mass is 10.1. The molecule has 0 spiro atoms. The fraction of sp³-hybridized carbons (Fsp3) is 0.500. The first-order valence-electron chi connectivity index (χ1n) is 5.36. The Kier molecular flexibility index (Phi) is 5.80. The van der Waals surface area contributed by atoms with Crippen molar-refractivity contribution in [1.82, 2.24) is 0 Å². The Balaban J connectivity index is 2.64. The molecule has 0 aliphatic rings. The monoisotopic (exact) mass is 288 g/mol. The van der Waals surface area contributed by atoms with Crippen molar-refractivity contribution in [1.29, 1.82) is 0 Å². The number of aliphatic hydroxyl groups is 2. The van der Waals surface area contributed by atoms with Gasteiger partial charge in [-0.3, -0.25) is 0 Å². The summed E-state index contributed by atoms with van der Waals surface area (Å²) in [5, 5.41) is 18.2. The second-order valence-electron chi connectivity index (χ2n) is 3.64. The molecule has 0 saturated heterocycles. The summed E-state index contributed by atoms with van der Waals surface area (Å²) < 4.78 is 6.49. The van der Waals surface area contributed by atoms with E-state index in [1.54, 1.807) is 6.92 Å². The van der Waals surface area contributed by atoms with E-state index in [0.29, 0.717) is 12.4 Å². The van der Waals surface area contributed by atoms with Gasteiger partial charge in [0.25, 0.3) is 0 Å². The molecule has 0 heterocycles. The van der Waals surface area contributed by atoms with Gasteiger partial charge in [0.2, 0.25) is 0 Å². The first-order valence-corrected chi connectivity index (χ1v) is 6.15. The number of ether oxygens (including phenoxy) is 1. The van der Waals surface area contributed by atoms with Gasteiger partial charge in [-0.05, 0) is 38.0 Å². The van der Waals surface area contributed by atoms with Crippen LogP contribution in [0, 0.1) is 0 Å². The maximum Gasteiger partial charge on any atom is 0.125 e. The van der Waals surface area contributed by atoms with Gasteiger partial charge in [0.15, 0.2) is 0 Å². The van der Waals surface area contributed by atoms with Gasteiger partial charge in [0.05, 0.1) is 12.7 Å². The SMILES string of the molecule is C[C@@H](O)c1cc(Br)ccc1OCCCCO. The van der Waals surface area contributed by atoms with Gasteiger partial charge in [-0.1, -0.05) is 15.9 Å². The molecule has 1 atom stereocenters. The number of aliphatic hydroxyl groups excluding tert-OH is 2. The largest absolute Gasteiger partial charge is 0.493 e.